The number of methoxy groups -OCH3 is 1. The van der Waals surface area contributed by atoms with Crippen molar-refractivity contribution in [3.8, 4) is 5.75 Å². The second-order valence-electron chi connectivity index (χ2n) is 5.64. The second kappa shape index (κ2) is 7.53. The lowest BCUT2D eigenvalue weighted by Gasteiger charge is -2.15. The van der Waals surface area contributed by atoms with Gasteiger partial charge >= 0.3 is 0 Å². The number of hydrogen-bond donors (Lipinski definition) is 2. The molecule has 3 rings (SSSR count). The zero-order valence-electron chi connectivity index (χ0n) is 14.2. The predicted molar refractivity (Wildman–Crippen MR) is 102 cm³/mol. The monoisotopic (exact) mass is 332 g/mol. The lowest BCUT2D eigenvalue weighted by molar-refractivity contribution is 0.102. The Morgan fingerprint density at radius 2 is 1.40 bits per heavy atom. The minimum absolute atomic E-state index is 0.193. The van der Waals surface area contributed by atoms with E-state index >= 15 is 0 Å². The molecule has 4 heteroatoms. The molecule has 0 atom stereocenters. The second-order valence-corrected chi connectivity index (χ2v) is 5.64. The number of benzene rings is 3. The first-order chi connectivity index (χ1) is 12.2. The third-order valence-corrected chi connectivity index (χ3v) is 3.94. The highest BCUT2D eigenvalue weighted by Gasteiger charge is 2.13. The van der Waals surface area contributed by atoms with E-state index < -0.39 is 0 Å². The normalized spacial score (nSPS) is 10.2. The number of nitrogens with one attached hydrogen (secondary N) is 2. The molecule has 2 N–H and O–H groups in total. The van der Waals surface area contributed by atoms with Gasteiger partial charge in [-0.15, -0.1) is 0 Å². The van der Waals surface area contributed by atoms with Gasteiger partial charge in [0, 0.05) is 5.69 Å². The Bertz CT molecular complexity index is 890. The van der Waals surface area contributed by atoms with Crippen molar-refractivity contribution in [2.45, 2.75) is 6.92 Å². The molecule has 3 aromatic carbocycles. The summed E-state index contributed by atoms with van der Waals surface area (Å²) in [5.41, 5.74) is 4.05. The third kappa shape index (κ3) is 3.80. The first-order valence-corrected chi connectivity index (χ1v) is 8.05. The fourth-order valence-corrected chi connectivity index (χ4v) is 2.59. The van der Waals surface area contributed by atoms with Crippen molar-refractivity contribution < 1.29 is 9.53 Å². The number of carbonyl (C=O) groups is 1. The summed E-state index contributed by atoms with van der Waals surface area (Å²) in [5, 5.41) is 6.26. The van der Waals surface area contributed by atoms with Crippen LogP contribution in [0.3, 0.4) is 0 Å². The van der Waals surface area contributed by atoms with Crippen molar-refractivity contribution in [1.82, 2.24) is 0 Å². The molecule has 0 saturated heterocycles. The van der Waals surface area contributed by atoms with E-state index in [0.29, 0.717) is 17.0 Å². The fraction of sp³-hybridized carbons (Fsp3) is 0.0952. The Labute approximate surface area is 147 Å². The van der Waals surface area contributed by atoms with E-state index in [9.17, 15) is 4.79 Å². The maximum atomic E-state index is 12.8. The quantitative estimate of drug-likeness (QED) is 0.691. The topological polar surface area (TPSA) is 50.4 Å². The zero-order chi connectivity index (χ0) is 17.6. The van der Waals surface area contributed by atoms with E-state index in [1.165, 1.54) is 0 Å². The summed E-state index contributed by atoms with van der Waals surface area (Å²) in [7, 11) is 1.58. The first kappa shape index (κ1) is 16.6. The molecule has 126 valence electrons. The molecule has 0 aliphatic heterocycles. The van der Waals surface area contributed by atoms with Gasteiger partial charge in [0.05, 0.1) is 24.0 Å². The Morgan fingerprint density at radius 3 is 2.12 bits per heavy atom. The first-order valence-electron chi connectivity index (χ1n) is 8.05. The van der Waals surface area contributed by atoms with Crippen LogP contribution in [0.1, 0.15) is 15.9 Å². The van der Waals surface area contributed by atoms with Crippen LogP contribution in [-0.2, 0) is 0 Å². The third-order valence-electron chi connectivity index (χ3n) is 3.94. The summed E-state index contributed by atoms with van der Waals surface area (Å²) < 4.78 is 5.29. The Hall–Kier alpha value is -3.27. The lowest BCUT2D eigenvalue weighted by atomic mass is 10.1. The molecule has 3 aromatic rings. The van der Waals surface area contributed by atoms with Crippen LogP contribution in [0.5, 0.6) is 5.75 Å². The van der Waals surface area contributed by atoms with Gasteiger partial charge in [-0.25, -0.2) is 0 Å². The van der Waals surface area contributed by atoms with Gasteiger partial charge in [-0.3, -0.25) is 4.79 Å². The van der Waals surface area contributed by atoms with Crippen molar-refractivity contribution in [3.63, 3.8) is 0 Å². The molecule has 1 amide bonds. The van der Waals surface area contributed by atoms with Crippen molar-refractivity contribution in [3.05, 3.63) is 83.9 Å². The Kier molecular flexibility index (Phi) is 5.00. The van der Waals surface area contributed by atoms with Crippen LogP contribution < -0.4 is 15.4 Å². The SMILES string of the molecule is COc1ccccc1NC(=O)c1ccccc1Nc1ccccc1C. The van der Waals surface area contributed by atoms with Crippen LogP contribution >= 0.6 is 0 Å². The average Bonchev–Trinajstić information content (AvgIpc) is 2.64. The van der Waals surface area contributed by atoms with Gasteiger partial charge in [0.1, 0.15) is 5.75 Å². The summed E-state index contributed by atoms with van der Waals surface area (Å²) in [5.74, 6) is 0.432. The van der Waals surface area contributed by atoms with E-state index in [-0.39, 0.29) is 5.91 Å². The van der Waals surface area contributed by atoms with Crippen LogP contribution in [0, 0.1) is 6.92 Å². The van der Waals surface area contributed by atoms with Crippen molar-refractivity contribution in [1.29, 1.82) is 0 Å². The van der Waals surface area contributed by atoms with Gasteiger partial charge in [0.25, 0.3) is 5.91 Å². The largest absolute Gasteiger partial charge is 0.495 e. The van der Waals surface area contributed by atoms with Gasteiger partial charge in [-0.2, -0.15) is 0 Å². The maximum absolute atomic E-state index is 12.8. The van der Waals surface area contributed by atoms with Gasteiger partial charge in [-0.05, 0) is 42.8 Å². The summed E-state index contributed by atoms with van der Waals surface area (Å²) >= 11 is 0. The van der Waals surface area contributed by atoms with Crippen LogP contribution in [-0.4, -0.2) is 13.0 Å². The van der Waals surface area contributed by atoms with Crippen LogP contribution in [0.4, 0.5) is 17.1 Å². The number of amides is 1. The van der Waals surface area contributed by atoms with E-state index in [0.717, 1.165) is 16.9 Å². The molecule has 25 heavy (non-hydrogen) atoms. The zero-order valence-corrected chi connectivity index (χ0v) is 14.2. The van der Waals surface area contributed by atoms with Gasteiger partial charge in [-0.1, -0.05) is 42.5 Å². The van der Waals surface area contributed by atoms with Crippen LogP contribution in [0.2, 0.25) is 0 Å². The van der Waals surface area contributed by atoms with Crippen LogP contribution in [0.25, 0.3) is 0 Å². The van der Waals surface area contributed by atoms with Crippen molar-refractivity contribution in [2.75, 3.05) is 17.7 Å². The summed E-state index contributed by atoms with van der Waals surface area (Å²) in [6.45, 7) is 2.03. The highest BCUT2D eigenvalue weighted by molar-refractivity contribution is 6.09. The molecule has 4 nitrogen and oxygen atoms in total. The lowest BCUT2D eigenvalue weighted by Crippen LogP contribution is -2.14. The van der Waals surface area contributed by atoms with Gasteiger partial charge in [0.15, 0.2) is 0 Å². The van der Waals surface area contributed by atoms with Crippen molar-refractivity contribution in [2.24, 2.45) is 0 Å². The van der Waals surface area contributed by atoms with E-state index in [1.54, 1.807) is 13.2 Å². The standard InChI is InChI=1S/C21H20N2O2/c1-15-9-3-5-11-17(15)22-18-12-6-4-10-16(18)21(24)23-19-13-7-8-14-20(19)25-2/h3-14,22H,1-2H3,(H,23,24). The molecule has 0 aromatic heterocycles. The summed E-state index contributed by atoms with van der Waals surface area (Å²) in [6.07, 6.45) is 0. The molecular formula is C21H20N2O2. The van der Waals surface area contributed by atoms with Gasteiger partial charge < -0.3 is 15.4 Å². The molecule has 0 aliphatic carbocycles. The molecule has 0 heterocycles. The number of hydrogen-bond acceptors (Lipinski definition) is 3. The summed E-state index contributed by atoms with van der Waals surface area (Å²) in [4.78, 5) is 12.8. The minimum Gasteiger partial charge on any atom is -0.495 e. The molecule has 0 bridgehead atoms. The number of rotatable bonds is 5. The molecular weight excluding hydrogens is 312 g/mol. The number of para-hydroxylation sites is 4. The molecule has 0 spiro atoms. The fourth-order valence-electron chi connectivity index (χ4n) is 2.59. The van der Waals surface area contributed by atoms with Crippen LogP contribution in [0.15, 0.2) is 72.8 Å². The number of aryl methyl sites for hydroxylation is 1. The van der Waals surface area contributed by atoms with E-state index in [4.69, 9.17) is 4.74 Å². The highest BCUT2D eigenvalue weighted by Crippen LogP contribution is 2.27. The predicted octanol–water partition coefficient (Wildman–Crippen LogP) is 5.00. The van der Waals surface area contributed by atoms with Crippen molar-refractivity contribution >= 4 is 23.0 Å². The number of ether oxygens (including phenoxy) is 1. The molecule has 0 aliphatic rings. The van der Waals surface area contributed by atoms with Gasteiger partial charge in [0.2, 0.25) is 0 Å². The average molecular weight is 332 g/mol. The Balaban J connectivity index is 1.87. The van der Waals surface area contributed by atoms with E-state index in [1.807, 2.05) is 73.7 Å². The Morgan fingerprint density at radius 1 is 0.800 bits per heavy atom. The minimum atomic E-state index is -0.193. The smallest absolute Gasteiger partial charge is 0.257 e. The van der Waals surface area contributed by atoms with E-state index in [2.05, 4.69) is 10.6 Å². The molecule has 0 fully saturated rings. The number of anilines is 3. The maximum Gasteiger partial charge on any atom is 0.257 e. The molecule has 0 unspecified atom stereocenters. The highest BCUT2D eigenvalue weighted by atomic mass is 16.5. The number of carbonyl (C=O) groups excluding carboxylic acids is 1. The molecule has 0 saturated carbocycles. The summed E-state index contributed by atoms with van der Waals surface area (Å²) in [6, 6.07) is 22.8. The molecule has 0 radical (unpaired) electrons.